The molecule has 1 aromatic heterocycles. The lowest BCUT2D eigenvalue weighted by Gasteiger charge is -2.12. The van der Waals surface area contributed by atoms with Crippen LogP contribution in [0.15, 0.2) is 44.7 Å². The number of fused-ring (bicyclic) bond motifs is 1. The van der Waals surface area contributed by atoms with Crippen molar-refractivity contribution < 1.29 is 9.47 Å². The van der Waals surface area contributed by atoms with Gasteiger partial charge in [-0.1, -0.05) is 27.5 Å². The Kier molecular flexibility index (Phi) is 6.52. The van der Waals surface area contributed by atoms with E-state index in [1.54, 1.807) is 31.2 Å². The van der Waals surface area contributed by atoms with Crippen molar-refractivity contribution in [3.8, 4) is 17.6 Å². The first kappa shape index (κ1) is 20.8. The second-order valence-electron chi connectivity index (χ2n) is 5.89. The standard InChI is InChI=1S/C20H16BrClN4O3/c1-3-28-18-9-13(8-16(22)19(18)29-7-6-23)11-24-26-12(2)25-17-5-4-14(21)10-15(17)20(26)27/h4-5,8-11H,3,7H2,1-2H3. The second-order valence-corrected chi connectivity index (χ2v) is 7.21. The van der Waals surface area contributed by atoms with Crippen LogP contribution in [0.4, 0.5) is 0 Å². The molecule has 0 bridgehead atoms. The van der Waals surface area contributed by atoms with Crippen LogP contribution in [0.25, 0.3) is 10.9 Å². The number of benzene rings is 2. The van der Waals surface area contributed by atoms with Gasteiger partial charge in [0.2, 0.25) is 0 Å². The normalized spacial score (nSPS) is 11.0. The lowest BCUT2D eigenvalue weighted by molar-refractivity contribution is 0.299. The molecular weight excluding hydrogens is 460 g/mol. The molecule has 0 fully saturated rings. The number of aromatic nitrogens is 2. The van der Waals surface area contributed by atoms with E-state index in [0.717, 1.165) is 4.47 Å². The Labute approximate surface area is 180 Å². The molecule has 0 saturated heterocycles. The minimum Gasteiger partial charge on any atom is -0.490 e. The van der Waals surface area contributed by atoms with Crippen LogP contribution in [0.2, 0.25) is 5.02 Å². The number of rotatable bonds is 6. The van der Waals surface area contributed by atoms with E-state index < -0.39 is 0 Å². The van der Waals surface area contributed by atoms with Gasteiger partial charge in [0.1, 0.15) is 11.9 Å². The van der Waals surface area contributed by atoms with Crippen molar-refractivity contribution in [3.63, 3.8) is 0 Å². The largest absolute Gasteiger partial charge is 0.490 e. The summed E-state index contributed by atoms with van der Waals surface area (Å²) in [4.78, 5) is 17.2. The summed E-state index contributed by atoms with van der Waals surface area (Å²) in [5.74, 6) is 1.13. The summed E-state index contributed by atoms with van der Waals surface area (Å²) in [6, 6.07) is 10.5. The van der Waals surface area contributed by atoms with Crippen LogP contribution < -0.4 is 15.0 Å². The van der Waals surface area contributed by atoms with Crippen molar-refractivity contribution in [2.45, 2.75) is 13.8 Å². The molecule has 1 heterocycles. The molecule has 7 nitrogen and oxygen atoms in total. The van der Waals surface area contributed by atoms with Gasteiger partial charge in [0.15, 0.2) is 18.1 Å². The summed E-state index contributed by atoms with van der Waals surface area (Å²) in [7, 11) is 0. The minimum atomic E-state index is -0.282. The van der Waals surface area contributed by atoms with E-state index in [1.807, 2.05) is 19.1 Å². The molecule has 0 radical (unpaired) electrons. The smallest absolute Gasteiger partial charge is 0.282 e. The van der Waals surface area contributed by atoms with E-state index in [9.17, 15) is 4.79 Å². The van der Waals surface area contributed by atoms with Crippen molar-refractivity contribution in [3.05, 3.63) is 61.6 Å². The first-order valence-electron chi connectivity index (χ1n) is 8.64. The van der Waals surface area contributed by atoms with Gasteiger partial charge < -0.3 is 9.47 Å². The zero-order valence-corrected chi connectivity index (χ0v) is 18.0. The molecule has 3 aromatic rings. The predicted molar refractivity (Wildman–Crippen MR) is 115 cm³/mol. The quantitative estimate of drug-likeness (QED) is 0.496. The average molecular weight is 476 g/mol. The summed E-state index contributed by atoms with van der Waals surface area (Å²) in [5, 5.41) is 13.7. The highest BCUT2D eigenvalue weighted by Gasteiger charge is 2.13. The number of ether oxygens (including phenoxy) is 2. The Bertz CT molecular complexity index is 1200. The van der Waals surface area contributed by atoms with E-state index >= 15 is 0 Å². The van der Waals surface area contributed by atoms with Gasteiger partial charge in [-0.2, -0.15) is 15.0 Å². The number of aryl methyl sites for hydroxylation is 1. The highest BCUT2D eigenvalue weighted by atomic mass is 79.9. The summed E-state index contributed by atoms with van der Waals surface area (Å²) in [6.45, 7) is 3.77. The number of hydrogen-bond acceptors (Lipinski definition) is 6. The molecule has 9 heteroatoms. The maximum atomic E-state index is 12.8. The van der Waals surface area contributed by atoms with E-state index in [2.05, 4.69) is 26.0 Å². The molecule has 0 spiro atoms. The topological polar surface area (TPSA) is 89.5 Å². The van der Waals surface area contributed by atoms with E-state index in [0.29, 0.717) is 34.6 Å². The fraction of sp³-hybridized carbons (Fsp3) is 0.200. The van der Waals surface area contributed by atoms with Crippen LogP contribution in [-0.4, -0.2) is 29.1 Å². The molecular formula is C20H16BrClN4O3. The zero-order chi connectivity index (χ0) is 21.0. The van der Waals surface area contributed by atoms with Crippen LogP contribution in [-0.2, 0) is 0 Å². The van der Waals surface area contributed by atoms with Crippen molar-refractivity contribution >= 4 is 44.6 Å². The van der Waals surface area contributed by atoms with Gasteiger partial charge in [-0.3, -0.25) is 4.79 Å². The van der Waals surface area contributed by atoms with Crippen LogP contribution in [0, 0.1) is 18.3 Å². The Balaban J connectivity index is 2.04. The third-order valence-electron chi connectivity index (χ3n) is 3.91. The molecule has 29 heavy (non-hydrogen) atoms. The Morgan fingerprint density at radius 1 is 1.34 bits per heavy atom. The zero-order valence-electron chi connectivity index (χ0n) is 15.6. The molecule has 0 amide bonds. The third-order valence-corrected chi connectivity index (χ3v) is 4.68. The van der Waals surface area contributed by atoms with Gasteiger partial charge in [0.05, 0.1) is 28.7 Å². The molecule has 0 atom stereocenters. The molecule has 0 N–H and O–H groups in total. The SMILES string of the molecule is CCOc1cc(C=Nn2c(C)nc3ccc(Br)cc3c2=O)cc(Cl)c1OCC#N. The average Bonchev–Trinajstić information content (AvgIpc) is 2.68. The second kappa shape index (κ2) is 9.07. The lowest BCUT2D eigenvalue weighted by Crippen LogP contribution is -2.20. The van der Waals surface area contributed by atoms with Crippen molar-refractivity contribution in [2.24, 2.45) is 5.10 Å². The van der Waals surface area contributed by atoms with Gasteiger partial charge in [0.25, 0.3) is 5.56 Å². The highest BCUT2D eigenvalue weighted by molar-refractivity contribution is 9.10. The molecule has 2 aromatic carbocycles. The van der Waals surface area contributed by atoms with E-state index in [-0.39, 0.29) is 22.9 Å². The Hall–Kier alpha value is -2.89. The third kappa shape index (κ3) is 4.58. The van der Waals surface area contributed by atoms with Crippen LogP contribution in [0.3, 0.4) is 0 Å². The number of hydrogen-bond donors (Lipinski definition) is 0. The van der Waals surface area contributed by atoms with E-state index in [1.165, 1.54) is 10.9 Å². The van der Waals surface area contributed by atoms with Gasteiger partial charge in [-0.15, -0.1) is 0 Å². The molecule has 148 valence electrons. The van der Waals surface area contributed by atoms with Gasteiger partial charge in [-0.05, 0) is 49.7 Å². The Morgan fingerprint density at radius 3 is 2.86 bits per heavy atom. The van der Waals surface area contributed by atoms with Gasteiger partial charge >= 0.3 is 0 Å². The summed E-state index contributed by atoms with van der Waals surface area (Å²) < 4.78 is 12.9. The molecule has 0 saturated carbocycles. The molecule has 0 aliphatic heterocycles. The van der Waals surface area contributed by atoms with Gasteiger partial charge in [-0.25, -0.2) is 4.98 Å². The number of nitrogens with zero attached hydrogens (tertiary/aromatic N) is 4. The fourth-order valence-corrected chi connectivity index (χ4v) is 3.32. The molecule has 3 rings (SSSR count). The number of nitriles is 1. The van der Waals surface area contributed by atoms with Crippen molar-refractivity contribution in [2.75, 3.05) is 13.2 Å². The number of halogens is 2. The maximum Gasteiger partial charge on any atom is 0.282 e. The van der Waals surface area contributed by atoms with E-state index in [4.69, 9.17) is 26.3 Å². The van der Waals surface area contributed by atoms with Crippen molar-refractivity contribution in [1.29, 1.82) is 5.26 Å². The van der Waals surface area contributed by atoms with Gasteiger partial charge in [0, 0.05) is 4.47 Å². The highest BCUT2D eigenvalue weighted by Crippen LogP contribution is 2.36. The molecule has 0 aliphatic carbocycles. The van der Waals surface area contributed by atoms with Crippen LogP contribution in [0.1, 0.15) is 18.3 Å². The summed E-state index contributed by atoms with van der Waals surface area (Å²) in [5.41, 5.74) is 0.918. The van der Waals surface area contributed by atoms with Crippen LogP contribution >= 0.6 is 27.5 Å². The minimum absolute atomic E-state index is 0.153. The maximum absolute atomic E-state index is 12.8. The van der Waals surface area contributed by atoms with Crippen molar-refractivity contribution in [1.82, 2.24) is 9.66 Å². The summed E-state index contributed by atoms with van der Waals surface area (Å²) >= 11 is 9.65. The summed E-state index contributed by atoms with van der Waals surface area (Å²) in [6.07, 6.45) is 1.49. The molecule has 0 unspecified atom stereocenters. The predicted octanol–water partition coefficient (Wildman–Crippen LogP) is 4.30. The molecule has 0 aliphatic rings. The monoisotopic (exact) mass is 474 g/mol. The van der Waals surface area contributed by atoms with Crippen LogP contribution in [0.5, 0.6) is 11.5 Å². The Morgan fingerprint density at radius 2 is 2.14 bits per heavy atom. The fourth-order valence-electron chi connectivity index (χ4n) is 2.69. The first-order valence-corrected chi connectivity index (χ1v) is 9.81. The first-order chi connectivity index (χ1) is 13.9. The lowest BCUT2D eigenvalue weighted by atomic mass is 10.2.